The Morgan fingerprint density at radius 2 is 1.90 bits per heavy atom. The molecule has 3 aromatic rings. The average Bonchev–Trinajstić information content (AvgIpc) is 3.50. The molecule has 1 aliphatic heterocycles. The molecule has 0 spiro atoms. The van der Waals surface area contributed by atoms with Crippen LogP contribution in [0.3, 0.4) is 0 Å². The second-order valence-corrected chi connectivity index (χ2v) is 8.55. The first kappa shape index (κ1) is 16.7. The highest BCUT2D eigenvalue weighted by molar-refractivity contribution is 8.03. The number of thioether (sulfide) groups is 1. The van der Waals surface area contributed by atoms with Crippen molar-refractivity contribution in [2.75, 3.05) is 0 Å². The second-order valence-electron chi connectivity index (χ2n) is 7.50. The number of hydrogen-bond donors (Lipinski definition) is 0. The summed E-state index contributed by atoms with van der Waals surface area (Å²) in [5.74, 6) is -0.369. The molecule has 29 heavy (non-hydrogen) atoms. The van der Waals surface area contributed by atoms with Gasteiger partial charge in [0.15, 0.2) is 11.6 Å². The van der Waals surface area contributed by atoms with Crippen molar-refractivity contribution in [3.05, 3.63) is 83.5 Å². The monoisotopic (exact) mass is 396 g/mol. The minimum absolute atomic E-state index is 0.0390. The van der Waals surface area contributed by atoms with Crippen LogP contribution < -0.4 is 0 Å². The molecule has 0 bridgehead atoms. The van der Waals surface area contributed by atoms with E-state index < -0.39 is 0 Å². The number of ketones is 2. The standard InChI is InChI=1S/C24H16N2O2S/c27-21-18-9-11-29-23(18)22(28)19(21)13-14-7-8-15(12-14)26-20-6-2-1-4-16(20)17-5-3-10-25-24(17)26/h1-11,13,18,23H,12H2/b19-13+. The van der Waals surface area contributed by atoms with Crippen LogP contribution >= 0.6 is 11.8 Å². The van der Waals surface area contributed by atoms with Gasteiger partial charge >= 0.3 is 0 Å². The molecule has 5 heteroatoms. The topological polar surface area (TPSA) is 52.0 Å². The largest absolute Gasteiger partial charge is 0.297 e. The lowest BCUT2D eigenvalue weighted by Gasteiger charge is -2.09. The van der Waals surface area contributed by atoms with Gasteiger partial charge in [0.1, 0.15) is 5.65 Å². The van der Waals surface area contributed by atoms with Crippen molar-refractivity contribution in [2.24, 2.45) is 5.92 Å². The fourth-order valence-electron chi connectivity index (χ4n) is 4.50. The van der Waals surface area contributed by atoms with Gasteiger partial charge in [0.05, 0.1) is 22.3 Å². The first-order valence-electron chi connectivity index (χ1n) is 9.59. The maximum atomic E-state index is 12.6. The lowest BCUT2D eigenvalue weighted by molar-refractivity contribution is -0.117. The summed E-state index contributed by atoms with van der Waals surface area (Å²) in [5.41, 5.74) is 4.45. The minimum atomic E-state index is -0.283. The second kappa shape index (κ2) is 6.16. The lowest BCUT2D eigenvalue weighted by atomic mass is 10.0. The molecule has 0 saturated heterocycles. The number of rotatable bonds is 2. The predicted molar refractivity (Wildman–Crippen MR) is 116 cm³/mol. The number of nitrogens with zero attached hydrogens (tertiary/aromatic N) is 2. The number of carbonyl (C=O) groups excluding carboxylic acids is 2. The normalized spacial score (nSPS) is 24.8. The predicted octanol–water partition coefficient (Wildman–Crippen LogP) is 4.68. The first-order valence-corrected chi connectivity index (χ1v) is 10.5. The molecule has 3 heterocycles. The number of carbonyl (C=O) groups is 2. The van der Waals surface area contributed by atoms with Crippen LogP contribution in [0.1, 0.15) is 6.42 Å². The number of benzene rings is 1. The van der Waals surface area contributed by atoms with E-state index in [1.165, 1.54) is 17.1 Å². The summed E-state index contributed by atoms with van der Waals surface area (Å²) in [4.78, 5) is 29.9. The van der Waals surface area contributed by atoms with Crippen molar-refractivity contribution in [3.63, 3.8) is 0 Å². The summed E-state index contributed by atoms with van der Waals surface area (Å²) in [6, 6.07) is 12.3. The highest BCUT2D eigenvalue weighted by Gasteiger charge is 2.46. The van der Waals surface area contributed by atoms with Crippen molar-refractivity contribution >= 4 is 51.0 Å². The Labute approximate surface area is 171 Å². The summed E-state index contributed by atoms with van der Waals surface area (Å²) in [5, 5.41) is 3.89. The maximum Gasteiger partial charge on any atom is 0.180 e. The van der Waals surface area contributed by atoms with E-state index in [2.05, 4.69) is 33.8 Å². The average molecular weight is 396 g/mol. The minimum Gasteiger partial charge on any atom is -0.297 e. The van der Waals surface area contributed by atoms with Crippen LogP contribution in [0.25, 0.3) is 27.6 Å². The summed E-state index contributed by atoms with van der Waals surface area (Å²) in [6.07, 6.45) is 10.2. The Hall–Kier alpha value is -3.18. The van der Waals surface area contributed by atoms with Gasteiger partial charge in [-0.1, -0.05) is 30.4 Å². The first-order chi connectivity index (χ1) is 14.2. The number of Topliss-reactive ketones (excluding diaryl/α,β-unsaturated/α-hetero) is 2. The van der Waals surface area contributed by atoms with E-state index in [-0.39, 0.29) is 22.7 Å². The van der Waals surface area contributed by atoms with E-state index in [0.29, 0.717) is 12.0 Å². The molecule has 2 aromatic heterocycles. The SMILES string of the molecule is O=C1/C(=C\C2=CC=C(n3c4ccccc4c4cccnc43)C2)C(=O)C2SC=CC12. The molecular formula is C24H16N2O2S. The zero-order chi connectivity index (χ0) is 19.5. The van der Waals surface area contributed by atoms with Crippen LogP contribution in [-0.4, -0.2) is 26.4 Å². The number of fused-ring (bicyclic) bond motifs is 4. The van der Waals surface area contributed by atoms with Gasteiger partial charge in [-0.05, 0) is 41.3 Å². The van der Waals surface area contributed by atoms with Gasteiger partial charge in [0.2, 0.25) is 0 Å². The van der Waals surface area contributed by atoms with Gasteiger partial charge < -0.3 is 0 Å². The van der Waals surface area contributed by atoms with Crippen molar-refractivity contribution in [1.29, 1.82) is 0 Å². The fourth-order valence-corrected chi connectivity index (χ4v) is 5.56. The number of aromatic nitrogens is 2. The Morgan fingerprint density at radius 3 is 2.79 bits per heavy atom. The zero-order valence-corrected chi connectivity index (χ0v) is 16.2. The van der Waals surface area contributed by atoms with E-state index >= 15 is 0 Å². The number of pyridine rings is 1. The Morgan fingerprint density at radius 1 is 1.03 bits per heavy atom. The summed E-state index contributed by atoms with van der Waals surface area (Å²) < 4.78 is 2.18. The Bertz CT molecular complexity index is 1300. The molecular weight excluding hydrogens is 380 g/mol. The lowest BCUT2D eigenvalue weighted by Crippen LogP contribution is -2.13. The number of hydrogen-bond acceptors (Lipinski definition) is 4. The van der Waals surface area contributed by atoms with Gasteiger partial charge in [-0.15, -0.1) is 11.8 Å². The highest BCUT2D eigenvalue weighted by Crippen LogP contribution is 2.41. The summed E-state index contributed by atoms with van der Waals surface area (Å²) in [7, 11) is 0. The fraction of sp³-hybridized carbons (Fsp3) is 0.125. The van der Waals surface area contributed by atoms with E-state index in [1.807, 2.05) is 42.0 Å². The van der Waals surface area contributed by atoms with Crippen LogP contribution in [0.2, 0.25) is 0 Å². The van der Waals surface area contributed by atoms with Gasteiger partial charge in [-0.3, -0.25) is 14.2 Å². The van der Waals surface area contributed by atoms with Crippen molar-refractivity contribution in [2.45, 2.75) is 11.7 Å². The summed E-state index contributed by atoms with van der Waals surface area (Å²) >= 11 is 1.45. The molecule has 4 nitrogen and oxygen atoms in total. The summed E-state index contributed by atoms with van der Waals surface area (Å²) in [6.45, 7) is 0. The quantitative estimate of drug-likeness (QED) is 0.466. The molecule has 3 aliphatic rings. The molecule has 1 aromatic carbocycles. The molecule has 2 atom stereocenters. The molecule has 2 unspecified atom stereocenters. The van der Waals surface area contributed by atoms with Crippen LogP contribution in [0.4, 0.5) is 0 Å². The van der Waals surface area contributed by atoms with Gasteiger partial charge in [-0.2, -0.15) is 0 Å². The number of para-hydroxylation sites is 1. The third-order valence-corrected chi connectivity index (χ3v) is 6.97. The maximum absolute atomic E-state index is 12.6. The van der Waals surface area contributed by atoms with Crippen LogP contribution in [0.5, 0.6) is 0 Å². The van der Waals surface area contributed by atoms with Gasteiger partial charge in [-0.25, -0.2) is 4.98 Å². The van der Waals surface area contributed by atoms with E-state index in [9.17, 15) is 9.59 Å². The zero-order valence-electron chi connectivity index (χ0n) is 15.4. The van der Waals surface area contributed by atoms with Crippen LogP contribution in [0.15, 0.2) is 83.5 Å². The van der Waals surface area contributed by atoms with Crippen molar-refractivity contribution in [1.82, 2.24) is 9.55 Å². The van der Waals surface area contributed by atoms with E-state index in [1.54, 1.807) is 6.08 Å². The van der Waals surface area contributed by atoms with E-state index in [4.69, 9.17) is 0 Å². The van der Waals surface area contributed by atoms with Gasteiger partial charge in [0.25, 0.3) is 0 Å². The Kier molecular flexibility index (Phi) is 3.56. The number of allylic oxidation sites excluding steroid dienone is 7. The highest BCUT2D eigenvalue weighted by atomic mass is 32.2. The molecule has 0 radical (unpaired) electrons. The third-order valence-electron chi connectivity index (χ3n) is 5.85. The molecule has 0 N–H and O–H groups in total. The van der Waals surface area contributed by atoms with E-state index in [0.717, 1.165) is 27.8 Å². The van der Waals surface area contributed by atoms with Crippen molar-refractivity contribution < 1.29 is 9.59 Å². The smallest absolute Gasteiger partial charge is 0.180 e. The van der Waals surface area contributed by atoms with Crippen LogP contribution in [-0.2, 0) is 9.59 Å². The van der Waals surface area contributed by atoms with Gasteiger partial charge in [0, 0.05) is 29.1 Å². The van der Waals surface area contributed by atoms with Crippen molar-refractivity contribution in [3.8, 4) is 0 Å². The van der Waals surface area contributed by atoms with Crippen LogP contribution in [0, 0.1) is 5.92 Å². The molecule has 1 fully saturated rings. The molecule has 2 aliphatic carbocycles. The molecule has 140 valence electrons. The molecule has 0 amide bonds. The third kappa shape index (κ3) is 2.37. The molecule has 6 rings (SSSR count). The Balaban J connectivity index is 1.38. The molecule has 1 saturated carbocycles.